The summed E-state index contributed by atoms with van der Waals surface area (Å²) in [7, 11) is 0. The Labute approximate surface area is 134 Å². The largest absolute Gasteiger partial charge is 0.506 e. The molecule has 0 heterocycles. The molecule has 0 aliphatic carbocycles. The van der Waals surface area contributed by atoms with Gasteiger partial charge in [0.05, 0.1) is 5.69 Å². The van der Waals surface area contributed by atoms with Crippen molar-refractivity contribution in [2.45, 2.75) is 6.92 Å². The number of benzene rings is 3. The van der Waals surface area contributed by atoms with Gasteiger partial charge in [0, 0.05) is 11.1 Å². The summed E-state index contributed by atoms with van der Waals surface area (Å²) in [5.41, 5.74) is 2.58. The lowest BCUT2D eigenvalue weighted by atomic mass is 10.1. The summed E-state index contributed by atoms with van der Waals surface area (Å²) in [6, 6.07) is 19.5. The molecule has 0 bridgehead atoms. The first-order chi connectivity index (χ1) is 10.6. The first-order valence-electron chi connectivity index (χ1n) is 6.99. The number of rotatable bonds is 2. The molecule has 0 radical (unpaired) electrons. The molecule has 3 N–H and O–H groups in total. The number of phenolic OH excluding ortho intramolecular Hbond substituents is 1. The van der Waals surface area contributed by atoms with Gasteiger partial charge < -0.3 is 15.7 Å². The molecule has 0 spiro atoms. The number of anilines is 2. The molecule has 4 heteroatoms. The van der Waals surface area contributed by atoms with Gasteiger partial charge in [-0.05, 0) is 48.3 Å². The Balaban J connectivity index is 1.83. The van der Waals surface area contributed by atoms with Gasteiger partial charge in [-0.15, -0.1) is 0 Å². The Hall–Kier alpha value is -2.59. The van der Waals surface area contributed by atoms with E-state index in [0.717, 1.165) is 22.0 Å². The predicted molar refractivity (Wildman–Crippen MR) is 96.6 cm³/mol. The second-order valence-corrected chi connectivity index (χ2v) is 5.53. The van der Waals surface area contributed by atoms with Crippen molar-refractivity contribution >= 4 is 39.5 Å². The second kappa shape index (κ2) is 6.03. The molecule has 3 aromatic carbocycles. The number of thiocarbonyl (C=S) groups is 1. The van der Waals surface area contributed by atoms with Gasteiger partial charge in [0.15, 0.2) is 5.11 Å². The van der Waals surface area contributed by atoms with Crippen LogP contribution in [0, 0.1) is 6.92 Å². The minimum absolute atomic E-state index is 0.174. The van der Waals surface area contributed by atoms with Crippen molar-refractivity contribution < 1.29 is 5.11 Å². The summed E-state index contributed by atoms with van der Waals surface area (Å²) in [6.07, 6.45) is 0. The van der Waals surface area contributed by atoms with Crippen LogP contribution in [0.3, 0.4) is 0 Å². The van der Waals surface area contributed by atoms with Crippen molar-refractivity contribution in [3.63, 3.8) is 0 Å². The molecule has 22 heavy (non-hydrogen) atoms. The van der Waals surface area contributed by atoms with Crippen LogP contribution in [-0.2, 0) is 0 Å². The number of aromatic hydroxyl groups is 1. The van der Waals surface area contributed by atoms with E-state index >= 15 is 0 Å². The summed E-state index contributed by atoms with van der Waals surface area (Å²) in [5.74, 6) is 0.174. The number of aryl methyl sites for hydroxylation is 1. The molecule has 0 aliphatic rings. The van der Waals surface area contributed by atoms with Crippen LogP contribution in [0.15, 0.2) is 60.7 Å². The molecule has 0 amide bonds. The molecular formula is C18H16N2OS. The maximum Gasteiger partial charge on any atom is 0.175 e. The summed E-state index contributed by atoms with van der Waals surface area (Å²) in [4.78, 5) is 0. The number of phenols is 1. The van der Waals surface area contributed by atoms with E-state index in [4.69, 9.17) is 12.2 Å². The standard InChI is InChI=1S/C18H16N2OS/c1-12-9-10-17(21)16(11-12)20-18(22)19-15-8-4-6-13-5-2-3-7-14(13)15/h2-11,21H,1H3,(H2,19,20,22). The molecule has 0 aliphatic heterocycles. The van der Waals surface area contributed by atoms with Gasteiger partial charge in [-0.1, -0.05) is 42.5 Å². The molecule has 0 fully saturated rings. The molecular weight excluding hydrogens is 292 g/mol. The number of nitrogens with one attached hydrogen (secondary N) is 2. The van der Waals surface area contributed by atoms with Gasteiger partial charge in [-0.3, -0.25) is 0 Å². The van der Waals surface area contributed by atoms with Crippen LogP contribution in [0.2, 0.25) is 0 Å². The lowest BCUT2D eigenvalue weighted by Gasteiger charge is -2.14. The van der Waals surface area contributed by atoms with Crippen molar-refractivity contribution in [2.75, 3.05) is 10.6 Å². The smallest absolute Gasteiger partial charge is 0.175 e. The monoisotopic (exact) mass is 308 g/mol. The molecule has 0 aromatic heterocycles. The highest BCUT2D eigenvalue weighted by atomic mass is 32.1. The van der Waals surface area contributed by atoms with E-state index in [0.29, 0.717) is 10.8 Å². The quantitative estimate of drug-likeness (QED) is 0.476. The summed E-state index contributed by atoms with van der Waals surface area (Å²) in [6.45, 7) is 1.96. The van der Waals surface area contributed by atoms with Crippen molar-refractivity contribution in [1.82, 2.24) is 0 Å². The third-order valence-corrected chi connectivity index (χ3v) is 3.64. The van der Waals surface area contributed by atoms with Gasteiger partial charge in [-0.2, -0.15) is 0 Å². The SMILES string of the molecule is Cc1ccc(O)c(NC(=S)Nc2cccc3ccccc23)c1. The van der Waals surface area contributed by atoms with Crippen LogP contribution in [0.25, 0.3) is 10.8 Å². The molecule has 3 nitrogen and oxygen atoms in total. The molecule has 3 rings (SSSR count). The Morgan fingerprint density at radius 3 is 2.50 bits per heavy atom. The zero-order chi connectivity index (χ0) is 15.5. The zero-order valence-electron chi connectivity index (χ0n) is 12.1. The van der Waals surface area contributed by atoms with E-state index in [-0.39, 0.29) is 5.75 Å². The summed E-state index contributed by atoms with van der Waals surface area (Å²) >= 11 is 5.35. The van der Waals surface area contributed by atoms with E-state index in [1.54, 1.807) is 6.07 Å². The maximum absolute atomic E-state index is 9.87. The van der Waals surface area contributed by atoms with Crippen LogP contribution in [0.4, 0.5) is 11.4 Å². The van der Waals surface area contributed by atoms with E-state index in [1.165, 1.54) is 0 Å². The molecule has 0 saturated carbocycles. The summed E-state index contributed by atoms with van der Waals surface area (Å²) < 4.78 is 0. The average molecular weight is 308 g/mol. The van der Waals surface area contributed by atoms with Crippen molar-refractivity contribution in [1.29, 1.82) is 0 Å². The Morgan fingerprint density at radius 2 is 1.64 bits per heavy atom. The number of fused-ring (bicyclic) bond motifs is 1. The molecule has 0 unspecified atom stereocenters. The fourth-order valence-electron chi connectivity index (χ4n) is 2.36. The first-order valence-corrected chi connectivity index (χ1v) is 7.40. The topological polar surface area (TPSA) is 44.3 Å². The van der Waals surface area contributed by atoms with Gasteiger partial charge in [-0.25, -0.2) is 0 Å². The van der Waals surface area contributed by atoms with Crippen LogP contribution < -0.4 is 10.6 Å². The van der Waals surface area contributed by atoms with Crippen molar-refractivity contribution in [3.05, 3.63) is 66.2 Å². The van der Waals surface area contributed by atoms with Crippen molar-refractivity contribution in [3.8, 4) is 5.75 Å². The Morgan fingerprint density at radius 1 is 0.909 bits per heavy atom. The number of hydrogen-bond donors (Lipinski definition) is 3. The first kappa shape index (κ1) is 14.4. The lowest BCUT2D eigenvalue weighted by Crippen LogP contribution is -2.19. The minimum atomic E-state index is 0.174. The summed E-state index contributed by atoms with van der Waals surface area (Å²) in [5, 5.41) is 18.8. The Kier molecular flexibility index (Phi) is 3.94. The molecule has 0 saturated heterocycles. The van der Waals surface area contributed by atoms with Gasteiger partial charge >= 0.3 is 0 Å². The van der Waals surface area contributed by atoms with E-state index in [9.17, 15) is 5.11 Å². The van der Waals surface area contributed by atoms with Gasteiger partial charge in [0.1, 0.15) is 5.75 Å². The Bertz CT molecular complexity index is 840. The third-order valence-electron chi connectivity index (χ3n) is 3.44. The van der Waals surface area contributed by atoms with Crippen LogP contribution >= 0.6 is 12.2 Å². The van der Waals surface area contributed by atoms with E-state index in [1.807, 2.05) is 49.4 Å². The fraction of sp³-hybridized carbons (Fsp3) is 0.0556. The zero-order valence-corrected chi connectivity index (χ0v) is 12.9. The van der Waals surface area contributed by atoms with Crippen LogP contribution in [0.5, 0.6) is 5.75 Å². The number of hydrogen-bond acceptors (Lipinski definition) is 2. The fourth-order valence-corrected chi connectivity index (χ4v) is 2.58. The normalized spacial score (nSPS) is 10.4. The third kappa shape index (κ3) is 3.02. The van der Waals surface area contributed by atoms with Crippen LogP contribution in [-0.4, -0.2) is 10.2 Å². The van der Waals surface area contributed by atoms with E-state index < -0.39 is 0 Å². The average Bonchev–Trinajstić information content (AvgIpc) is 2.51. The predicted octanol–water partition coefficient (Wildman–Crippen LogP) is 4.66. The highest BCUT2D eigenvalue weighted by Gasteiger charge is 2.06. The molecule has 3 aromatic rings. The second-order valence-electron chi connectivity index (χ2n) is 5.13. The van der Waals surface area contributed by atoms with E-state index in [2.05, 4.69) is 22.8 Å². The maximum atomic E-state index is 9.87. The minimum Gasteiger partial charge on any atom is -0.506 e. The highest BCUT2D eigenvalue weighted by molar-refractivity contribution is 7.80. The van der Waals surface area contributed by atoms with Crippen molar-refractivity contribution in [2.24, 2.45) is 0 Å². The molecule has 110 valence electrons. The van der Waals surface area contributed by atoms with Crippen LogP contribution in [0.1, 0.15) is 5.56 Å². The highest BCUT2D eigenvalue weighted by Crippen LogP contribution is 2.26. The lowest BCUT2D eigenvalue weighted by molar-refractivity contribution is 0.478. The molecule has 0 atom stereocenters. The van der Waals surface area contributed by atoms with Gasteiger partial charge in [0.25, 0.3) is 0 Å². The van der Waals surface area contributed by atoms with Gasteiger partial charge in [0.2, 0.25) is 0 Å².